The quantitative estimate of drug-likeness (QED) is 0.0265. The second-order valence-corrected chi connectivity index (χ2v) is 17.9. The number of hydrogen-bond acceptors (Lipinski definition) is 8. The van der Waals surface area contributed by atoms with Crippen LogP contribution in [0.2, 0.25) is 0 Å². The Hall–Kier alpha value is -1.77. The normalized spacial score (nSPS) is 13.3. The van der Waals surface area contributed by atoms with Crippen LogP contribution in [0.4, 0.5) is 0 Å². The largest absolute Gasteiger partial charge is 0.472 e. The molecule has 2 atom stereocenters. The fourth-order valence-electron chi connectivity index (χ4n) is 6.99. The molecule has 0 saturated heterocycles. The summed E-state index contributed by atoms with van der Waals surface area (Å²) in [6.45, 7) is 5.24. The van der Waals surface area contributed by atoms with E-state index in [1.165, 1.54) is 154 Å². The van der Waals surface area contributed by atoms with E-state index in [1.54, 1.807) is 0 Å². The third-order valence-electron chi connectivity index (χ3n) is 10.6. The summed E-state index contributed by atoms with van der Waals surface area (Å²) in [5.41, 5.74) is 5.35. The maximum absolute atomic E-state index is 12.6. The topological polar surface area (TPSA) is 134 Å². The van der Waals surface area contributed by atoms with Gasteiger partial charge in [-0.25, -0.2) is 4.57 Å². The molecule has 0 aromatic heterocycles. The molecular formula is C49H92NO8P. The number of phosphoric ester groups is 1. The second-order valence-electron chi connectivity index (χ2n) is 16.4. The SMILES string of the molecule is C=CCCCCCCCCCCCCCCCC(=O)OC[C@H](COP(=O)(O)OCCN)OC(=O)CCC/C=C/CC/C=C/CCCCCCCCCCCCCCCC. The van der Waals surface area contributed by atoms with E-state index in [1.807, 2.05) is 6.08 Å². The molecule has 10 heteroatoms. The summed E-state index contributed by atoms with van der Waals surface area (Å²) in [5.74, 6) is -0.874. The molecule has 9 nitrogen and oxygen atoms in total. The number of esters is 2. The second kappa shape index (κ2) is 45.7. The number of carbonyl (C=O) groups is 2. The minimum atomic E-state index is -4.39. The van der Waals surface area contributed by atoms with Gasteiger partial charge in [0, 0.05) is 19.4 Å². The van der Waals surface area contributed by atoms with E-state index in [4.69, 9.17) is 24.3 Å². The van der Waals surface area contributed by atoms with Crippen molar-refractivity contribution in [1.82, 2.24) is 0 Å². The van der Waals surface area contributed by atoms with E-state index in [0.29, 0.717) is 6.42 Å². The summed E-state index contributed by atoms with van der Waals surface area (Å²) in [5, 5.41) is 0. The molecule has 0 aliphatic rings. The van der Waals surface area contributed by atoms with Crippen LogP contribution in [0.25, 0.3) is 0 Å². The molecule has 0 aliphatic carbocycles. The first-order valence-electron chi connectivity index (χ1n) is 24.4. The molecule has 0 fully saturated rings. The molecule has 0 aromatic rings. The number of unbranched alkanes of at least 4 members (excludes halogenated alkanes) is 29. The van der Waals surface area contributed by atoms with Gasteiger partial charge in [0.1, 0.15) is 6.61 Å². The van der Waals surface area contributed by atoms with Crippen LogP contribution in [0.5, 0.6) is 0 Å². The molecule has 0 spiro atoms. The Morgan fingerprint density at radius 1 is 0.542 bits per heavy atom. The van der Waals surface area contributed by atoms with Crippen molar-refractivity contribution in [3.63, 3.8) is 0 Å². The lowest BCUT2D eigenvalue weighted by atomic mass is 10.0. The summed E-state index contributed by atoms with van der Waals surface area (Å²) >= 11 is 0. The first-order chi connectivity index (χ1) is 28.8. The zero-order valence-electron chi connectivity index (χ0n) is 38.1. The fraction of sp³-hybridized carbons (Fsp3) is 0.837. The van der Waals surface area contributed by atoms with Gasteiger partial charge in [0.2, 0.25) is 0 Å². The van der Waals surface area contributed by atoms with Gasteiger partial charge in [-0.2, -0.15) is 0 Å². The first kappa shape index (κ1) is 57.2. The molecule has 59 heavy (non-hydrogen) atoms. The van der Waals surface area contributed by atoms with Crippen molar-refractivity contribution in [2.24, 2.45) is 5.73 Å². The molecule has 0 amide bonds. The zero-order chi connectivity index (χ0) is 43.2. The molecule has 3 N–H and O–H groups in total. The molecule has 346 valence electrons. The highest BCUT2D eigenvalue weighted by Crippen LogP contribution is 2.43. The van der Waals surface area contributed by atoms with Gasteiger partial charge >= 0.3 is 19.8 Å². The molecule has 0 saturated carbocycles. The van der Waals surface area contributed by atoms with Crippen molar-refractivity contribution in [2.45, 2.75) is 238 Å². The molecule has 0 radical (unpaired) electrons. The molecule has 1 unspecified atom stereocenters. The average Bonchev–Trinajstić information content (AvgIpc) is 3.22. The number of hydrogen-bond donors (Lipinski definition) is 2. The third-order valence-corrected chi connectivity index (χ3v) is 11.6. The van der Waals surface area contributed by atoms with E-state index in [9.17, 15) is 19.0 Å². The predicted molar refractivity (Wildman–Crippen MR) is 247 cm³/mol. The van der Waals surface area contributed by atoms with Gasteiger partial charge < -0.3 is 20.1 Å². The van der Waals surface area contributed by atoms with E-state index >= 15 is 0 Å². The lowest BCUT2D eigenvalue weighted by Gasteiger charge is -2.19. The Balaban J connectivity index is 4.09. The predicted octanol–water partition coefficient (Wildman–Crippen LogP) is 14.5. The monoisotopic (exact) mass is 854 g/mol. The summed E-state index contributed by atoms with van der Waals surface area (Å²) in [4.78, 5) is 34.9. The van der Waals surface area contributed by atoms with Gasteiger partial charge in [-0.3, -0.25) is 18.6 Å². The van der Waals surface area contributed by atoms with Crippen LogP contribution in [0.3, 0.4) is 0 Å². The molecule has 0 aliphatic heterocycles. The van der Waals surface area contributed by atoms with Crippen LogP contribution in [-0.2, 0) is 32.7 Å². The number of allylic oxidation sites excluding steroid dienone is 5. The smallest absolute Gasteiger partial charge is 0.462 e. The molecule has 0 heterocycles. The average molecular weight is 854 g/mol. The Labute approximate surface area is 363 Å². The number of phosphoric acid groups is 1. The summed E-state index contributed by atoms with van der Waals surface area (Å²) in [6.07, 6.45) is 50.9. The van der Waals surface area contributed by atoms with Gasteiger partial charge in [0.05, 0.1) is 13.2 Å². The van der Waals surface area contributed by atoms with Crippen LogP contribution in [0.15, 0.2) is 37.0 Å². The van der Waals surface area contributed by atoms with Crippen molar-refractivity contribution >= 4 is 19.8 Å². The van der Waals surface area contributed by atoms with Crippen LogP contribution >= 0.6 is 7.82 Å². The van der Waals surface area contributed by atoms with Crippen LogP contribution in [0.1, 0.15) is 232 Å². The standard InChI is InChI=1S/C49H92NO8P/c1-3-5-7-9-11-13-15-17-19-20-21-22-23-24-25-26-28-30-32-34-36-38-40-42-49(52)58-47(46-57-59(53,54)56-44-43-50)45-55-48(51)41-39-37-35-33-31-29-27-18-16-14-12-10-8-6-4-2/h4,26,28,34,36,47H,2-3,5-25,27,29-33,35,37-46,50H2,1H3,(H,53,54)/b28-26+,36-34+/t47-/m1/s1. The van der Waals surface area contributed by atoms with Crippen LogP contribution in [-0.4, -0.2) is 49.3 Å². The number of nitrogens with two attached hydrogens (primary N) is 1. The number of carbonyl (C=O) groups excluding carboxylic acids is 2. The van der Waals surface area contributed by atoms with Crippen molar-refractivity contribution in [1.29, 1.82) is 0 Å². The van der Waals surface area contributed by atoms with E-state index in [0.717, 1.165) is 51.4 Å². The highest BCUT2D eigenvalue weighted by molar-refractivity contribution is 7.47. The fourth-order valence-corrected chi connectivity index (χ4v) is 7.75. The van der Waals surface area contributed by atoms with Gasteiger partial charge in [-0.1, -0.05) is 191 Å². The van der Waals surface area contributed by atoms with E-state index in [-0.39, 0.29) is 32.6 Å². The highest BCUT2D eigenvalue weighted by atomic mass is 31.2. The maximum atomic E-state index is 12.6. The summed E-state index contributed by atoms with van der Waals surface area (Å²) in [6, 6.07) is 0. The van der Waals surface area contributed by atoms with Gasteiger partial charge in [-0.05, 0) is 57.8 Å². The van der Waals surface area contributed by atoms with E-state index < -0.39 is 32.5 Å². The minimum Gasteiger partial charge on any atom is -0.462 e. The highest BCUT2D eigenvalue weighted by Gasteiger charge is 2.26. The first-order valence-corrected chi connectivity index (χ1v) is 25.9. The molecule has 0 bridgehead atoms. The van der Waals surface area contributed by atoms with Crippen molar-refractivity contribution in [3.8, 4) is 0 Å². The number of ether oxygens (including phenoxy) is 2. The lowest BCUT2D eigenvalue weighted by Crippen LogP contribution is -2.29. The number of rotatable bonds is 47. The Morgan fingerprint density at radius 3 is 1.42 bits per heavy atom. The summed E-state index contributed by atoms with van der Waals surface area (Å²) < 4.78 is 32.8. The van der Waals surface area contributed by atoms with Gasteiger partial charge in [-0.15, -0.1) is 6.58 Å². The van der Waals surface area contributed by atoms with Crippen LogP contribution < -0.4 is 5.73 Å². The molecule has 0 aromatic carbocycles. The lowest BCUT2D eigenvalue weighted by molar-refractivity contribution is -0.161. The Morgan fingerprint density at radius 2 is 0.949 bits per heavy atom. The van der Waals surface area contributed by atoms with Crippen molar-refractivity contribution in [2.75, 3.05) is 26.4 Å². The Bertz CT molecular complexity index is 1050. The zero-order valence-corrected chi connectivity index (χ0v) is 39.0. The maximum Gasteiger partial charge on any atom is 0.472 e. The molecular weight excluding hydrogens is 762 g/mol. The van der Waals surface area contributed by atoms with Crippen LogP contribution in [0, 0.1) is 0 Å². The summed E-state index contributed by atoms with van der Waals surface area (Å²) in [7, 11) is -4.39. The Kier molecular flexibility index (Phi) is 44.4. The third kappa shape index (κ3) is 45.6. The van der Waals surface area contributed by atoms with Crippen molar-refractivity contribution < 1.29 is 37.6 Å². The molecule has 0 rings (SSSR count). The van der Waals surface area contributed by atoms with E-state index in [2.05, 4.69) is 37.8 Å². The van der Waals surface area contributed by atoms with Gasteiger partial charge in [0.25, 0.3) is 0 Å². The minimum absolute atomic E-state index is 0.0474. The van der Waals surface area contributed by atoms with Crippen molar-refractivity contribution in [3.05, 3.63) is 37.0 Å². The van der Waals surface area contributed by atoms with Gasteiger partial charge in [0.15, 0.2) is 6.10 Å².